The van der Waals surface area contributed by atoms with Gasteiger partial charge >= 0.3 is 35.8 Å². The van der Waals surface area contributed by atoms with Crippen LogP contribution < -0.4 is 28.4 Å². The number of carbonyl (C=O) groups excluding carboxylic acids is 6. The summed E-state index contributed by atoms with van der Waals surface area (Å²) in [4.78, 5) is 68.6. The van der Waals surface area contributed by atoms with Crippen molar-refractivity contribution >= 4 is 35.8 Å². The predicted molar refractivity (Wildman–Crippen MR) is 298 cm³/mol. The first-order valence-electron chi connectivity index (χ1n) is 21.5. The Balaban J connectivity index is -0.000000408. The van der Waals surface area contributed by atoms with E-state index in [1.165, 1.54) is 72.8 Å². The Morgan fingerprint density at radius 1 is 0.403 bits per heavy atom. The summed E-state index contributed by atoms with van der Waals surface area (Å²) < 4.78 is 51.6. The van der Waals surface area contributed by atoms with E-state index >= 15 is 0 Å². The van der Waals surface area contributed by atoms with Crippen molar-refractivity contribution in [3.8, 4) is 45.6 Å². The average molecular weight is 1140 g/mol. The normalized spacial score (nSPS) is 8.86. The van der Waals surface area contributed by atoms with Gasteiger partial charge in [-0.3, -0.25) is 0 Å². The molecule has 0 aliphatic rings. The minimum atomic E-state index is -0.614. The monoisotopic (exact) mass is 1140 g/mol. The van der Waals surface area contributed by atoms with Crippen LogP contribution in [0.15, 0.2) is 166 Å². The molecule has 0 heterocycles. The summed E-state index contributed by atoms with van der Waals surface area (Å²) in [5, 5.41) is 0. The summed E-state index contributed by atoms with van der Waals surface area (Å²) in [7, 11) is 0. The Hall–Kier alpha value is -7.82. The third-order valence-electron chi connectivity index (χ3n) is 8.51. The molecular formula is C60H77O16Y-. The molecule has 0 saturated heterocycles. The Bertz CT molecular complexity index is 2290. The van der Waals surface area contributed by atoms with Crippen LogP contribution in [0, 0.1) is 6.07 Å². The topological polar surface area (TPSA) is 195 Å². The molecule has 0 amide bonds. The molecule has 5 aromatic rings. The van der Waals surface area contributed by atoms with E-state index in [-0.39, 0.29) is 120 Å². The van der Waals surface area contributed by atoms with Crippen LogP contribution in [0.1, 0.15) is 92.0 Å². The zero-order chi connectivity index (χ0) is 50.9. The van der Waals surface area contributed by atoms with Gasteiger partial charge in [0.25, 0.3) is 0 Å². The number of carbonyl (C=O) groups is 6. The van der Waals surface area contributed by atoms with Crippen LogP contribution in [0.2, 0.25) is 0 Å². The van der Waals surface area contributed by atoms with Crippen LogP contribution >= 0.6 is 0 Å². The zero-order valence-corrected chi connectivity index (χ0v) is 42.2. The van der Waals surface area contributed by atoms with Gasteiger partial charge in [0, 0.05) is 75.6 Å². The van der Waals surface area contributed by atoms with Crippen molar-refractivity contribution in [3.05, 3.63) is 183 Å². The molecule has 0 aromatic heterocycles. The van der Waals surface area contributed by atoms with Gasteiger partial charge in [-0.25, -0.2) is 28.8 Å². The molecular weight excluding hydrogens is 1070 g/mol. The van der Waals surface area contributed by atoms with E-state index in [9.17, 15) is 28.8 Å². The van der Waals surface area contributed by atoms with E-state index in [1.54, 1.807) is 0 Å². The maximum Gasteiger partial charge on any atom is 0.343 e. The average Bonchev–Trinajstić information content (AvgIpc) is 3.40. The van der Waals surface area contributed by atoms with Crippen molar-refractivity contribution < 1.29 is 109 Å². The number of rotatable bonds is 25. The second kappa shape index (κ2) is 45.6. The van der Waals surface area contributed by atoms with Crippen LogP contribution in [-0.4, -0.2) is 75.8 Å². The molecule has 0 fully saturated rings. The molecule has 5 aromatic carbocycles. The quantitative estimate of drug-likeness (QED) is 0.0102. The summed E-state index contributed by atoms with van der Waals surface area (Å²) in [6, 6.07) is 34.4. The van der Waals surface area contributed by atoms with Crippen molar-refractivity contribution in [2.75, 3.05) is 40.0 Å². The molecule has 1 radical (unpaired) electrons. The van der Waals surface area contributed by atoms with Gasteiger partial charge in [-0.1, -0.05) is 102 Å². The Kier molecular flexibility index (Phi) is 46.2. The van der Waals surface area contributed by atoms with E-state index in [0.717, 1.165) is 41.2 Å². The van der Waals surface area contributed by atoms with Gasteiger partial charge < -0.3 is 47.4 Å². The number of esters is 6. The summed E-state index contributed by atoms with van der Waals surface area (Å²) in [6.45, 7) is 18.1. The Morgan fingerprint density at radius 3 is 1.09 bits per heavy atom. The van der Waals surface area contributed by atoms with Gasteiger partial charge in [-0.15, -0.1) is 17.7 Å². The standard InChI is InChI=1S/C28H22O10.C24H25O6.C2H6.6CH4.Y/c1-3-25(29)35-17-33-21-9-5-19(6-10-21)27(31)37-23-13-15-24(16-14-23)38-28(32)20-7-11-22(12-8-20)34-18-36-26(30)4-2;1-3-23(25)29-17-5-15-27-21-11-7-19(8-12-21)20-9-13-22(14-10-20)28-16-6-18-30-24(26)4-2;1-2;;;;;;;/h3-16H,1-2,17-18H2;3-4,7-13H,1-2,5-6,15-18H2;1-2H3;6*1H4;/q;-1;;;;;;;;. The minimum absolute atomic E-state index is 0. The van der Waals surface area contributed by atoms with Crippen LogP contribution in [-0.2, 0) is 70.8 Å². The van der Waals surface area contributed by atoms with Gasteiger partial charge in [0.2, 0.25) is 13.6 Å². The molecule has 0 spiro atoms. The molecule has 0 unspecified atom stereocenters. The van der Waals surface area contributed by atoms with Gasteiger partial charge in [-0.2, -0.15) is 12.1 Å². The number of ether oxygens (including phenoxy) is 10. The molecule has 0 N–H and O–H groups in total. The third-order valence-corrected chi connectivity index (χ3v) is 8.51. The number of benzene rings is 5. The Labute approximate surface area is 481 Å². The molecule has 0 bridgehead atoms. The van der Waals surface area contributed by atoms with E-state index in [4.69, 9.17) is 47.4 Å². The van der Waals surface area contributed by atoms with Gasteiger partial charge in [-0.05, 0) is 84.9 Å². The predicted octanol–water partition coefficient (Wildman–Crippen LogP) is 13.2. The molecule has 5 rings (SSSR count). The zero-order valence-electron chi connectivity index (χ0n) is 39.4. The summed E-state index contributed by atoms with van der Waals surface area (Å²) in [5.41, 5.74) is 2.57. The van der Waals surface area contributed by atoms with Gasteiger partial charge in [0.1, 0.15) is 28.7 Å². The first-order valence-corrected chi connectivity index (χ1v) is 21.5. The first kappa shape index (κ1) is 78.1. The number of hydrogen-bond donors (Lipinski definition) is 0. The second-order valence-electron chi connectivity index (χ2n) is 13.3. The Morgan fingerprint density at radius 2 is 0.727 bits per heavy atom. The van der Waals surface area contributed by atoms with E-state index in [2.05, 4.69) is 32.4 Å². The first-order chi connectivity index (χ1) is 34.0. The molecule has 77 heavy (non-hydrogen) atoms. The van der Waals surface area contributed by atoms with Crippen molar-refractivity contribution in [2.24, 2.45) is 0 Å². The summed E-state index contributed by atoms with van der Waals surface area (Å²) in [5.74, 6) is -0.674. The second-order valence-corrected chi connectivity index (χ2v) is 13.3. The fourth-order valence-electron chi connectivity index (χ4n) is 5.09. The number of hydrogen-bond acceptors (Lipinski definition) is 16. The maximum atomic E-state index is 12.4. The largest absolute Gasteiger partial charge is 0.519 e. The van der Waals surface area contributed by atoms with Crippen LogP contribution in [0.5, 0.6) is 34.5 Å². The minimum Gasteiger partial charge on any atom is -0.519 e. The molecule has 417 valence electrons. The van der Waals surface area contributed by atoms with Crippen molar-refractivity contribution in [1.29, 1.82) is 0 Å². The maximum absolute atomic E-state index is 12.4. The van der Waals surface area contributed by atoms with Crippen LogP contribution in [0.4, 0.5) is 0 Å². The molecule has 0 atom stereocenters. The smallest absolute Gasteiger partial charge is 0.343 e. The SMILES string of the molecule is C.C.C.C.C.C.C=CC(=O)OCCCOc1[c-]cc(-c2ccc(OCCCOC(=O)C=C)cc2)cc1.C=CC(=O)OCOc1ccc(C(=O)Oc2ccc(OC(=O)c3ccc(OCOC(=O)C=C)cc3)cc2)cc1.CC.[Y]. The molecule has 17 heteroatoms. The fourth-order valence-corrected chi connectivity index (χ4v) is 5.09. The van der Waals surface area contributed by atoms with E-state index in [0.29, 0.717) is 49.9 Å². The van der Waals surface area contributed by atoms with Gasteiger partial charge in [0.15, 0.2) is 0 Å². The molecule has 0 aliphatic carbocycles. The van der Waals surface area contributed by atoms with Crippen molar-refractivity contribution in [2.45, 2.75) is 71.2 Å². The summed E-state index contributed by atoms with van der Waals surface area (Å²) >= 11 is 0. The van der Waals surface area contributed by atoms with Gasteiger partial charge in [0.05, 0.1) is 37.6 Å². The van der Waals surface area contributed by atoms with Crippen LogP contribution in [0.3, 0.4) is 0 Å². The van der Waals surface area contributed by atoms with Crippen molar-refractivity contribution in [1.82, 2.24) is 0 Å². The van der Waals surface area contributed by atoms with Crippen LogP contribution in [0.25, 0.3) is 11.1 Å². The molecule has 0 saturated carbocycles. The van der Waals surface area contributed by atoms with E-state index < -0.39 is 35.8 Å². The molecule has 16 nitrogen and oxygen atoms in total. The van der Waals surface area contributed by atoms with E-state index in [1.807, 2.05) is 56.3 Å². The van der Waals surface area contributed by atoms with Crippen molar-refractivity contribution in [3.63, 3.8) is 0 Å². The third kappa shape index (κ3) is 31.0. The summed E-state index contributed by atoms with van der Waals surface area (Å²) in [6.07, 6.45) is 5.51. The fraction of sp³-hybridized carbons (Fsp3) is 0.267. The molecule has 0 aliphatic heterocycles.